The number of nitrogens with zero attached hydrogens (tertiary/aromatic N) is 3. The Morgan fingerprint density at radius 2 is 1.87 bits per heavy atom. The number of benzene rings is 1. The minimum absolute atomic E-state index is 0.117. The molecule has 1 unspecified atom stereocenters. The van der Waals surface area contributed by atoms with Gasteiger partial charge in [-0.1, -0.05) is 12.1 Å². The Kier molecular flexibility index (Phi) is 4.52. The summed E-state index contributed by atoms with van der Waals surface area (Å²) in [5.74, 6) is -0.117. The van der Waals surface area contributed by atoms with E-state index < -0.39 is 0 Å². The van der Waals surface area contributed by atoms with Crippen molar-refractivity contribution >= 4 is 17.6 Å². The van der Waals surface area contributed by atoms with Crippen LogP contribution in [0.15, 0.2) is 24.3 Å². The van der Waals surface area contributed by atoms with Crippen LogP contribution in [0.25, 0.3) is 0 Å². The summed E-state index contributed by atoms with van der Waals surface area (Å²) in [5, 5.41) is 2.65. The zero-order valence-corrected chi connectivity index (χ0v) is 13.8. The predicted octanol–water partition coefficient (Wildman–Crippen LogP) is 1.06. The minimum atomic E-state index is -0.388. The van der Waals surface area contributed by atoms with Crippen LogP contribution in [0.5, 0.6) is 0 Å². The maximum atomic E-state index is 11.9. The van der Waals surface area contributed by atoms with Crippen molar-refractivity contribution in [2.45, 2.75) is 19.9 Å². The fourth-order valence-electron chi connectivity index (χ4n) is 3.17. The molecule has 1 aromatic carbocycles. The van der Waals surface area contributed by atoms with Gasteiger partial charge in [0.2, 0.25) is 0 Å². The first-order valence-corrected chi connectivity index (χ1v) is 8.20. The second-order valence-electron chi connectivity index (χ2n) is 6.33. The Labute approximate surface area is 137 Å². The molecule has 124 valence electrons. The molecule has 0 saturated carbocycles. The molecule has 1 atom stereocenters. The van der Waals surface area contributed by atoms with Crippen LogP contribution in [-0.4, -0.2) is 67.0 Å². The standard InChI is InChI=1S/C17H24N4O2/c1-13-4-3-5-15(12-13)20-9-6-19(7-10-20)8-11-21-16(22)14(2)18-17(21)23/h3-5,12,14H,6-11H2,1-2H3,(H,18,23). The van der Waals surface area contributed by atoms with Gasteiger partial charge in [0.15, 0.2) is 0 Å². The van der Waals surface area contributed by atoms with E-state index in [0.717, 1.165) is 32.7 Å². The molecule has 2 fully saturated rings. The smallest absolute Gasteiger partial charge is 0.324 e. The molecule has 2 saturated heterocycles. The zero-order valence-electron chi connectivity index (χ0n) is 13.8. The molecule has 0 radical (unpaired) electrons. The summed E-state index contributed by atoms with van der Waals surface area (Å²) in [6.07, 6.45) is 0. The van der Waals surface area contributed by atoms with Crippen molar-refractivity contribution in [2.24, 2.45) is 0 Å². The molecule has 0 bridgehead atoms. The Morgan fingerprint density at radius 3 is 2.48 bits per heavy atom. The van der Waals surface area contributed by atoms with Crippen LogP contribution in [0.3, 0.4) is 0 Å². The molecule has 0 aliphatic carbocycles. The van der Waals surface area contributed by atoms with Crippen molar-refractivity contribution in [1.82, 2.24) is 15.1 Å². The molecule has 2 heterocycles. The Morgan fingerprint density at radius 1 is 1.13 bits per heavy atom. The molecule has 1 aromatic rings. The molecule has 1 N–H and O–H groups in total. The number of rotatable bonds is 4. The fourth-order valence-corrected chi connectivity index (χ4v) is 3.17. The lowest BCUT2D eigenvalue weighted by Gasteiger charge is -2.36. The van der Waals surface area contributed by atoms with Gasteiger partial charge in [-0.25, -0.2) is 4.79 Å². The van der Waals surface area contributed by atoms with E-state index in [9.17, 15) is 9.59 Å². The van der Waals surface area contributed by atoms with E-state index in [-0.39, 0.29) is 18.0 Å². The van der Waals surface area contributed by atoms with Crippen molar-refractivity contribution in [3.8, 4) is 0 Å². The second-order valence-corrected chi connectivity index (χ2v) is 6.33. The Bertz CT molecular complexity index is 596. The molecule has 0 spiro atoms. The molecular formula is C17H24N4O2. The molecule has 3 rings (SSSR count). The zero-order chi connectivity index (χ0) is 16.4. The third kappa shape index (κ3) is 3.47. The first kappa shape index (κ1) is 15.8. The number of hydrogen-bond acceptors (Lipinski definition) is 4. The summed E-state index contributed by atoms with van der Waals surface area (Å²) < 4.78 is 0. The SMILES string of the molecule is Cc1cccc(N2CCN(CCN3C(=O)NC(C)C3=O)CC2)c1. The van der Waals surface area contributed by atoms with Crippen LogP contribution in [0.1, 0.15) is 12.5 Å². The highest BCUT2D eigenvalue weighted by molar-refractivity contribution is 6.03. The maximum absolute atomic E-state index is 11.9. The summed E-state index contributed by atoms with van der Waals surface area (Å²) in [5.41, 5.74) is 2.55. The van der Waals surface area contributed by atoms with E-state index in [1.165, 1.54) is 16.2 Å². The number of amides is 3. The van der Waals surface area contributed by atoms with Crippen molar-refractivity contribution in [3.63, 3.8) is 0 Å². The number of hydrogen-bond donors (Lipinski definition) is 1. The van der Waals surface area contributed by atoms with Crippen molar-refractivity contribution < 1.29 is 9.59 Å². The van der Waals surface area contributed by atoms with Crippen molar-refractivity contribution in [1.29, 1.82) is 0 Å². The monoisotopic (exact) mass is 316 g/mol. The molecule has 6 nitrogen and oxygen atoms in total. The number of anilines is 1. The Hall–Kier alpha value is -2.08. The van der Waals surface area contributed by atoms with Gasteiger partial charge in [0.1, 0.15) is 6.04 Å². The molecule has 2 aliphatic heterocycles. The van der Waals surface area contributed by atoms with E-state index in [1.54, 1.807) is 6.92 Å². The van der Waals surface area contributed by atoms with E-state index in [1.807, 2.05) is 0 Å². The van der Waals surface area contributed by atoms with Gasteiger partial charge < -0.3 is 10.2 Å². The molecule has 0 aromatic heterocycles. The molecule has 23 heavy (non-hydrogen) atoms. The lowest BCUT2D eigenvalue weighted by molar-refractivity contribution is -0.127. The first-order valence-electron chi connectivity index (χ1n) is 8.20. The van der Waals surface area contributed by atoms with Crippen molar-refractivity contribution in [3.05, 3.63) is 29.8 Å². The van der Waals surface area contributed by atoms with Crippen LogP contribution in [-0.2, 0) is 4.79 Å². The molecule has 3 amide bonds. The van der Waals surface area contributed by atoms with E-state index >= 15 is 0 Å². The predicted molar refractivity (Wildman–Crippen MR) is 89.5 cm³/mol. The van der Waals surface area contributed by atoms with E-state index in [0.29, 0.717) is 6.54 Å². The highest BCUT2D eigenvalue weighted by Gasteiger charge is 2.34. The third-order valence-electron chi connectivity index (χ3n) is 4.60. The lowest BCUT2D eigenvalue weighted by Crippen LogP contribution is -2.49. The van der Waals surface area contributed by atoms with Crippen molar-refractivity contribution in [2.75, 3.05) is 44.2 Å². The van der Waals surface area contributed by atoms with Gasteiger partial charge in [-0.15, -0.1) is 0 Å². The molecular weight excluding hydrogens is 292 g/mol. The topological polar surface area (TPSA) is 55.9 Å². The normalized spacial score (nSPS) is 22.6. The fraction of sp³-hybridized carbons (Fsp3) is 0.529. The van der Waals surface area contributed by atoms with Crippen LogP contribution < -0.4 is 10.2 Å². The second kappa shape index (κ2) is 6.58. The summed E-state index contributed by atoms with van der Waals surface area (Å²) in [7, 11) is 0. The van der Waals surface area contributed by atoms with Gasteiger partial charge in [0, 0.05) is 45.0 Å². The van der Waals surface area contributed by atoms with E-state index in [2.05, 4.69) is 46.3 Å². The number of piperazine rings is 1. The number of carbonyl (C=O) groups is 2. The van der Waals surface area contributed by atoms with Crippen LogP contribution in [0.2, 0.25) is 0 Å². The summed E-state index contributed by atoms with van der Waals surface area (Å²) >= 11 is 0. The third-order valence-corrected chi connectivity index (χ3v) is 4.60. The number of carbonyl (C=O) groups excluding carboxylic acids is 2. The van der Waals surface area contributed by atoms with E-state index in [4.69, 9.17) is 0 Å². The molecule has 2 aliphatic rings. The number of imide groups is 1. The summed E-state index contributed by atoms with van der Waals surface area (Å²) in [6.45, 7) is 8.90. The number of nitrogens with one attached hydrogen (secondary N) is 1. The highest BCUT2D eigenvalue weighted by Crippen LogP contribution is 2.17. The van der Waals surface area contributed by atoms with Gasteiger partial charge in [-0.3, -0.25) is 14.6 Å². The van der Waals surface area contributed by atoms with Gasteiger partial charge >= 0.3 is 6.03 Å². The summed E-state index contributed by atoms with van der Waals surface area (Å²) in [4.78, 5) is 29.6. The van der Waals surface area contributed by atoms with Gasteiger partial charge in [0.25, 0.3) is 5.91 Å². The minimum Gasteiger partial charge on any atom is -0.369 e. The van der Waals surface area contributed by atoms with Gasteiger partial charge in [0.05, 0.1) is 0 Å². The lowest BCUT2D eigenvalue weighted by atomic mass is 10.2. The van der Waals surface area contributed by atoms with Crippen LogP contribution >= 0.6 is 0 Å². The summed E-state index contributed by atoms with van der Waals surface area (Å²) in [6, 6.07) is 7.91. The average Bonchev–Trinajstić information content (AvgIpc) is 2.79. The number of urea groups is 1. The maximum Gasteiger partial charge on any atom is 0.324 e. The average molecular weight is 316 g/mol. The Balaban J connectivity index is 1.48. The van der Waals surface area contributed by atoms with Gasteiger partial charge in [-0.05, 0) is 31.5 Å². The number of aryl methyl sites for hydroxylation is 1. The first-order chi connectivity index (χ1) is 11.0. The largest absolute Gasteiger partial charge is 0.369 e. The quantitative estimate of drug-likeness (QED) is 0.844. The van der Waals surface area contributed by atoms with Gasteiger partial charge in [-0.2, -0.15) is 0 Å². The molecule has 6 heteroatoms. The highest BCUT2D eigenvalue weighted by atomic mass is 16.2. The van der Waals surface area contributed by atoms with Crippen LogP contribution in [0.4, 0.5) is 10.5 Å². The van der Waals surface area contributed by atoms with Crippen LogP contribution in [0, 0.1) is 6.92 Å².